The summed E-state index contributed by atoms with van der Waals surface area (Å²) in [5.41, 5.74) is 4.93. The minimum absolute atomic E-state index is 0.147. The van der Waals surface area contributed by atoms with Crippen molar-refractivity contribution in [1.82, 2.24) is 0 Å². The van der Waals surface area contributed by atoms with E-state index in [1.807, 2.05) is 0 Å². The van der Waals surface area contributed by atoms with E-state index in [0.717, 1.165) is 0 Å². The molecule has 0 saturated carbocycles. The van der Waals surface area contributed by atoms with Gasteiger partial charge in [0.2, 0.25) is 5.91 Å². The Hall–Kier alpha value is -0.690. The lowest BCUT2D eigenvalue weighted by molar-refractivity contribution is -0.119. The third kappa shape index (κ3) is 13.3. The van der Waals surface area contributed by atoms with Gasteiger partial charge in [0.25, 0.3) is 0 Å². The number of amides is 1. The number of primary amides is 1. The fourth-order valence-electron chi connectivity index (χ4n) is 0.881. The SMILES string of the molecule is NC(=O)CCOCCOCCOCCCO. The Bertz CT molecular complexity index is 165. The molecule has 0 aliphatic rings. The fourth-order valence-corrected chi connectivity index (χ4v) is 0.881. The van der Waals surface area contributed by atoms with Gasteiger partial charge in [-0.15, -0.1) is 0 Å². The van der Waals surface area contributed by atoms with Crippen LogP contribution in [0.4, 0.5) is 0 Å². The van der Waals surface area contributed by atoms with Gasteiger partial charge in [0.15, 0.2) is 0 Å². The molecule has 0 fully saturated rings. The molecule has 0 bridgehead atoms. The number of aliphatic hydroxyl groups is 1. The Kier molecular flexibility index (Phi) is 11.8. The van der Waals surface area contributed by atoms with Crippen LogP contribution in [0.25, 0.3) is 0 Å². The zero-order valence-electron chi connectivity index (χ0n) is 9.52. The number of hydrogen-bond acceptors (Lipinski definition) is 5. The Morgan fingerprint density at radius 2 is 1.44 bits per heavy atom. The number of carbonyl (C=O) groups excluding carboxylic acids is 1. The average Bonchev–Trinajstić information content (AvgIpc) is 2.25. The topological polar surface area (TPSA) is 91.0 Å². The number of carbonyl (C=O) groups is 1. The highest BCUT2D eigenvalue weighted by Gasteiger charge is 1.94. The maximum atomic E-state index is 10.3. The average molecular weight is 235 g/mol. The highest BCUT2D eigenvalue weighted by Crippen LogP contribution is 1.85. The second-order valence-electron chi connectivity index (χ2n) is 3.13. The second kappa shape index (κ2) is 12.4. The smallest absolute Gasteiger partial charge is 0.219 e. The van der Waals surface area contributed by atoms with Crippen LogP contribution in [0.15, 0.2) is 0 Å². The number of nitrogens with two attached hydrogens (primary N) is 1. The van der Waals surface area contributed by atoms with Crippen LogP contribution in [0.5, 0.6) is 0 Å². The lowest BCUT2D eigenvalue weighted by Crippen LogP contribution is -2.15. The number of hydrogen-bond donors (Lipinski definition) is 2. The molecule has 0 aliphatic carbocycles. The van der Waals surface area contributed by atoms with E-state index < -0.39 is 0 Å². The lowest BCUT2D eigenvalue weighted by atomic mass is 10.4. The van der Waals surface area contributed by atoms with Crippen LogP contribution in [0.3, 0.4) is 0 Å². The van der Waals surface area contributed by atoms with Gasteiger partial charge in [-0.2, -0.15) is 0 Å². The molecule has 1 amide bonds. The predicted octanol–water partition coefficient (Wildman–Crippen LogP) is -0.706. The van der Waals surface area contributed by atoms with Gasteiger partial charge in [0, 0.05) is 19.6 Å². The van der Waals surface area contributed by atoms with Crippen molar-refractivity contribution in [2.75, 3.05) is 46.2 Å². The molecular formula is C10H21NO5. The van der Waals surface area contributed by atoms with Gasteiger partial charge in [0.05, 0.1) is 33.0 Å². The van der Waals surface area contributed by atoms with Gasteiger partial charge in [-0.1, -0.05) is 0 Å². The van der Waals surface area contributed by atoms with Gasteiger partial charge in [-0.05, 0) is 6.42 Å². The summed E-state index contributed by atoms with van der Waals surface area (Å²) in [6.07, 6.45) is 0.889. The molecule has 0 rings (SSSR count). The van der Waals surface area contributed by atoms with E-state index in [2.05, 4.69) is 0 Å². The van der Waals surface area contributed by atoms with Gasteiger partial charge in [0.1, 0.15) is 0 Å². The molecule has 16 heavy (non-hydrogen) atoms. The van der Waals surface area contributed by atoms with Crippen LogP contribution in [0, 0.1) is 0 Å². The normalized spacial score (nSPS) is 10.6. The third-order valence-corrected chi connectivity index (χ3v) is 1.68. The van der Waals surface area contributed by atoms with Crippen LogP contribution in [-0.2, 0) is 19.0 Å². The first-order valence-corrected chi connectivity index (χ1v) is 5.39. The Morgan fingerprint density at radius 1 is 0.938 bits per heavy atom. The van der Waals surface area contributed by atoms with Gasteiger partial charge in [-0.3, -0.25) is 4.79 Å². The molecule has 0 radical (unpaired) electrons. The minimum Gasteiger partial charge on any atom is -0.396 e. The van der Waals surface area contributed by atoms with E-state index in [1.165, 1.54) is 0 Å². The van der Waals surface area contributed by atoms with Crippen molar-refractivity contribution >= 4 is 5.91 Å². The number of ether oxygens (including phenoxy) is 3. The van der Waals surface area contributed by atoms with Crippen molar-refractivity contribution in [3.05, 3.63) is 0 Å². The molecule has 6 heteroatoms. The maximum absolute atomic E-state index is 10.3. The first kappa shape index (κ1) is 15.3. The molecule has 0 spiro atoms. The quantitative estimate of drug-likeness (QED) is 0.436. The highest BCUT2D eigenvalue weighted by molar-refractivity contribution is 5.73. The highest BCUT2D eigenvalue weighted by atomic mass is 16.5. The second-order valence-corrected chi connectivity index (χ2v) is 3.13. The summed E-state index contributed by atoms with van der Waals surface area (Å²) in [6.45, 7) is 2.98. The van der Waals surface area contributed by atoms with Crippen LogP contribution in [-0.4, -0.2) is 57.3 Å². The molecule has 0 aromatic heterocycles. The molecular weight excluding hydrogens is 214 g/mol. The summed E-state index contributed by atoms with van der Waals surface area (Å²) in [5.74, 6) is -0.363. The summed E-state index contributed by atoms with van der Waals surface area (Å²) in [7, 11) is 0. The molecule has 0 saturated heterocycles. The minimum atomic E-state index is -0.363. The van der Waals surface area contributed by atoms with Gasteiger partial charge >= 0.3 is 0 Å². The zero-order valence-corrected chi connectivity index (χ0v) is 9.52. The molecule has 3 N–H and O–H groups in total. The summed E-state index contributed by atoms with van der Waals surface area (Å²) in [4.78, 5) is 10.3. The summed E-state index contributed by atoms with van der Waals surface area (Å²) >= 11 is 0. The molecule has 0 unspecified atom stereocenters. The van der Waals surface area contributed by atoms with E-state index in [1.54, 1.807) is 0 Å². The monoisotopic (exact) mass is 235 g/mol. The van der Waals surface area contributed by atoms with E-state index in [9.17, 15) is 4.79 Å². The van der Waals surface area contributed by atoms with E-state index >= 15 is 0 Å². The van der Waals surface area contributed by atoms with Crippen molar-refractivity contribution in [3.8, 4) is 0 Å². The van der Waals surface area contributed by atoms with Crippen molar-refractivity contribution in [2.24, 2.45) is 5.73 Å². The van der Waals surface area contributed by atoms with Crippen molar-refractivity contribution in [1.29, 1.82) is 0 Å². The zero-order chi connectivity index (χ0) is 12.1. The first-order chi connectivity index (χ1) is 7.77. The van der Waals surface area contributed by atoms with Crippen molar-refractivity contribution in [3.63, 3.8) is 0 Å². The molecule has 0 aliphatic heterocycles. The molecule has 0 heterocycles. The third-order valence-electron chi connectivity index (χ3n) is 1.68. The van der Waals surface area contributed by atoms with Crippen molar-refractivity contribution < 1.29 is 24.1 Å². The van der Waals surface area contributed by atoms with Crippen LogP contribution in [0.2, 0.25) is 0 Å². The molecule has 96 valence electrons. The summed E-state index contributed by atoms with van der Waals surface area (Å²) < 4.78 is 15.4. The number of aliphatic hydroxyl groups excluding tert-OH is 1. The Morgan fingerprint density at radius 3 is 1.94 bits per heavy atom. The van der Waals surface area contributed by atoms with E-state index in [0.29, 0.717) is 46.1 Å². The molecule has 6 nitrogen and oxygen atoms in total. The number of rotatable bonds is 12. The van der Waals surface area contributed by atoms with Crippen LogP contribution < -0.4 is 5.73 Å². The van der Waals surface area contributed by atoms with Crippen LogP contribution >= 0.6 is 0 Å². The van der Waals surface area contributed by atoms with Gasteiger partial charge in [-0.25, -0.2) is 0 Å². The van der Waals surface area contributed by atoms with Gasteiger partial charge < -0.3 is 25.1 Å². The fraction of sp³-hybridized carbons (Fsp3) is 0.900. The molecule has 0 aromatic carbocycles. The largest absolute Gasteiger partial charge is 0.396 e. The van der Waals surface area contributed by atoms with E-state index in [-0.39, 0.29) is 18.9 Å². The molecule has 0 atom stereocenters. The van der Waals surface area contributed by atoms with E-state index in [4.69, 9.17) is 25.1 Å². The summed E-state index contributed by atoms with van der Waals surface area (Å²) in [5, 5.41) is 8.47. The predicted molar refractivity (Wildman–Crippen MR) is 58.0 cm³/mol. The standard InChI is InChI=1S/C10H21NO5/c11-10(13)2-5-15-7-9-16-8-6-14-4-1-3-12/h12H,1-9H2,(H2,11,13). The lowest BCUT2D eigenvalue weighted by Gasteiger charge is -2.05. The molecule has 0 aromatic rings. The maximum Gasteiger partial charge on any atom is 0.219 e. The van der Waals surface area contributed by atoms with Crippen LogP contribution in [0.1, 0.15) is 12.8 Å². The Labute approximate surface area is 95.7 Å². The first-order valence-electron chi connectivity index (χ1n) is 5.39. The summed E-state index contributed by atoms with van der Waals surface area (Å²) in [6, 6.07) is 0. The van der Waals surface area contributed by atoms with Crippen molar-refractivity contribution in [2.45, 2.75) is 12.8 Å². The Balaban J connectivity index is 2.90.